The van der Waals surface area contributed by atoms with E-state index < -0.39 is 0 Å². The molecule has 1 aliphatic carbocycles. The molecule has 0 amide bonds. The maximum absolute atomic E-state index is 6.11. The number of methoxy groups -OCH3 is 1. The van der Waals surface area contributed by atoms with Gasteiger partial charge in [0.15, 0.2) is 0 Å². The minimum Gasteiger partial charge on any atom is -0.497 e. The molecule has 0 saturated heterocycles. The number of aryl methyl sites for hydroxylation is 1. The Morgan fingerprint density at radius 1 is 1.36 bits per heavy atom. The summed E-state index contributed by atoms with van der Waals surface area (Å²) in [5, 5.41) is 0. The number of benzene rings is 1. The molecule has 2 N–H and O–H groups in total. The van der Waals surface area contributed by atoms with Crippen molar-refractivity contribution in [3.8, 4) is 5.75 Å². The van der Waals surface area contributed by atoms with Crippen molar-refractivity contribution in [3.63, 3.8) is 0 Å². The standard InChI is InChI=1S/C12H17NO/c1-14-10-7-6-9-4-2-3-5-12(13)11(9)8-10/h6-8,12H,2-5,13H2,1H3. The van der Waals surface area contributed by atoms with Crippen LogP contribution in [0.25, 0.3) is 0 Å². The van der Waals surface area contributed by atoms with Gasteiger partial charge in [-0.2, -0.15) is 0 Å². The largest absolute Gasteiger partial charge is 0.497 e. The molecule has 14 heavy (non-hydrogen) atoms. The fraction of sp³-hybridized carbons (Fsp3) is 0.500. The first-order chi connectivity index (χ1) is 6.81. The summed E-state index contributed by atoms with van der Waals surface area (Å²) in [6.45, 7) is 0. The summed E-state index contributed by atoms with van der Waals surface area (Å²) < 4.78 is 5.21. The van der Waals surface area contributed by atoms with Crippen molar-refractivity contribution >= 4 is 0 Å². The molecule has 0 radical (unpaired) electrons. The molecule has 1 aromatic carbocycles. The topological polar surface area (TPSA) is 35.2 Å². The molecule has 0 saturated carbocycles. The van der Waals surface area contributed by atoms with E-state index in [0.717, 1.165) is 18.6 Å². The van der Waals surface area contributed by atoms with Gasteiger partial charge >= 0.3 is 0 Å². The van der Waals surface area contributed by atoms with Gasteiger partial charge in [-0.05, 0) is 42.5 Å². The molecule has 1 atom stereocenters. The molecular weight excluding hydrogens is 174 g/mol. The lowest BCUT2D eigenvalue weighted by Gasteiger charge is -2.13. The molecule has 0 aromatic heterocycles. The van der Waals surface area contributed by atoms with E-state index in [4.69, 9.17) is 10.5 Å². The Bertz CT molecular complexity index is 322. The quantitative estimate of drug-likeness (QED) is 0.692. The van der Waals surface area contributed by atoms with Crippen LogP contribution >= 0.6 is 0 Å². The van der Waals surface area contributed by atoms with Crippen LogP contribution < -0.4 is 10.5 Å². The predicted molar refractivity (Wildman–Crippen MR) is 57.5 cm³/mol. The number of fused-ring (bicyclic) bond motifs is 1. The SMILES string of the molecule is COc1ccc2c(c1)C(N)CCCC2. The summed E-state index contributed by atoms with van der Waals surface area (Å²) >= 11 is 0. The second-order valence-electron chi connectivity index (χ2n) is 3.92. The fourth-order valence-corrected chi connectivity index (χ4v) is 2.11. The zero-order valence-corrected chi connectivity index (χ0v) is 8.62. The summed E-state index contributed by atoms with van der Waals surface area (Å²) in [5.41, 5.74) is 8.79. The Morgan fingerprint density at radius 3 is 3.00 bits per heavy atom. The van der Waals surface area contributed by atoms with Crippen LogP contribution in [0.15, 0.2) is 18.2 Å². The van der Waals surface area contributed by atoms with E-state index in [2.05, 4.69) is 12.1 Å². The van der Waals surface area contributed by atoms with Gasteiger partial charge in [0.1, 0.15) is 5.75 Å². The van der Waals surface area contributed by atoms with E-state index in [9.17, 15) is 0 Å². The Kier molecular flexibility index (Phi) is 2.73. The van der Waals surface area contributed by atoms with Crippen molar-refractivity contribution < 1.29 is 4.74 Å². The molecule has 76 valence electrons. The summed E-state index contributed by atoms with van der Waals surface area (Å²) in [5.74, 6) is 0.918. The molecule has 2 rings (SSSR count). The highest BCUT2D eigenvalue weighted by atomic mass is 16.5. The average Bonchev–Trinajstić information content (AvgIpc) is 2.40. The summed E-state index contributed by atoms with van der Waals surface area (Å²) in [4.78, 5) is 0. The number of hydrogen-bond acceptors (Lipinski definition) is 2. The zero-order chi connectivity index (χ0) is 9.97. The average molecular weight is 191 g/mol. The van der Waals surface area contributed by atoms with Crippen molar-refractivity contribution in [2.45, 2.75) is 31.7 Å². The third kappa shape index (κ3) is 1.75. The Morgan fingerprint density at radius 2 is 2.21 bits per heavy atom. The molecule has 1 aromatic rings. The van der Waals surface area contributed by atoms with E-state index in [1.165, 1.54) is 24.0 Å². The molecule has 2 nitrogen and oxygen atoms in total. The predicted octanol–water partition coefficient (Wildman–Crippen LogP) is 2.42. The van der Waals surface area contributed by atoms with Crippen LogP contribution in [0.2, 0.25) is 0 Å². The van der Waals surface area contributed by atoms with Gasteiger partial charge in [-0.25, -0.2) is 0 Å². The highest BCUT2D eigenvalue weighted by molar-refractivity contribution is 5.38. The lowest BCUT2D eigenvalue weighted by atomic mass is 9.99. The minimum atomic E-state index is 0.197. The lowest BCUT2D eigenvalue weighted by molar-refractivity contribution is 0.413. The van der Waals surface area contributed by atoms with Crippen molar-refractivity contribution in [1.29, 1.82) is 0 Å². The van der Waals surface area contributed by atoms with Gasteiger partial charge in [0.25, 0.3) is 0 Å². The molecule has 0 bridgehead atoms. The van der Waals surface area contributed by atoms with Crippen molar-refractivity contribution in [2.24, 2.45) is 5.73 Å². The molecule has 1 aliphatic rings. The van der Waals surface area contributed by atoms with E-state index in [-0.39, 0.29) is 6.04 Å². The highest BCUT2D eigenvalue weighted by Crippen LogP contribution is 2.29. The monoisotopic (exact) mass is 191 g/mol. The second kappa shape index (κ2) is 4.01. The van der Waals surface area contributed by atoms with Gasteiger partial charge in [0.2, 0.25) is 0 Å². The van der Waals surface area contributed by atoms with Crippen LogP contribution in [0, 0.1) is 0 Å². The number of hydrogen-bond donors (Lipinski definition) is 1. The smallest absolute Gasteiger partial charge is 0.119 e. The zero-order valence-electron chi connectivity index (χ0n) is 8.62. The fourth-order valence-electron chi connectivity index (χ4n) is 2.11. The van der Waals surface area contributed by atoms with Gasteiger partial charge in [-0.3, -0.25) is 0 Å². The normalized spacial score (nSPS) is 21.1. The first kappa shape index (κ1) is 9.53. The third-order valence-electron chi connectivity index (χ3n) is 2.96. The van der Waals surface area contributed by atoms with Crippen LogP contribution in [-0.4, -0.2) is 7.11 Å². The molecule has 0 fully saturated rings. The van der Waals surface area contributed by atoms with Gasteiger partial charge < -0.3 is 10.5 Å². The third-order valence-corrected chi connectivity index (χ3v) is 2.96. The van der Waals surface area contributed by atoms with Crippen molar-refractivity contribution in [3.05, 3.63) is 29.3 Å². The van der Waals surface area contributed by atoms with Gasteiger partial charge in [0.05, 0.1) is 7.11 Å². The number of rotatable bonds is 1. The summed E-state index contributed by atoms with van der Waals surface area (Å²) in [6, 6.07) is 6.46. The molecule has 0 heterocycles. The second-order valence-corrected chi connectivity index (χ2v) is 3.92. The number of ether oxygens (including phenoxy) is 1. The van der Waals surface area contributed by atoms with Crippen LogP contribution in [0.3, 0.4) is 0 Å². The maximum Gasteiger partial charge on any atom is 0.119 e. The van der Waals surface area contributed by atoms with Gasteiger partial charge in [0, 0.05) is 6.04 Å². The first-order valence-electron chi connectivity index (χ1n) is 5.23. The molecule has 2 heteroatoms. The minimum absolute atomic E-state index is 0.197. The van der Waals surface area contributed by atoms with E-state index in [0.29, 0.717) is 0 Å². The Balaban J connectivity index is 2.39. The van der Waals surface area contributed by atoms with E-state index >= 15 is 0 Å². The van der Waals surface area contributed by atoms with Crippen LogP contribution in [0.5, 0.6) is 5.75 Å². The summed E-state index contributed by atoms with van der Waals surface area (Å²) in [7, 11) is 1.70. The van der Waals surface area contributed by atoms with Crippen LogP contribution in [0.4, 0.5) is 0 Å². The van der Waals surface area contributed by atoms with Crippen molar-refractivity contribution in [1.82, 2.24) is 0 Å². The molecule has 0 aliphatic heterocycles. The van der Waals surface area contributed by atoms with E-state index in [1.807, 2.05) is 6.07 Å². The lowest BCUT2D eigenvalue weighted by Crippen LogP contribution is -2.10. The molecule has 1 unspecified atom stereocenters. The van der Waals surface area contributed by atoms with Crippen LogP contribution in [-0.2, 0) is 6.42 Å². The van der Waals surface area contributed by atoms with Crippen LogP contribution in [0.1, 0.15) is 36.4 Å². The van der Waals surface area contributed by atoms with Gasteiger partial charge in [-0.15, -0.1) is 0 Å². The highest BCUT2D eigenvalue weighted by Gasteiger charge is 2.15. The van der Waals surface area contributed by atoms with E-state index in [1.54, 1.807) is 7.11 Å². The first-order valence-corrected chi connectivity index (χ1v) is 5.23. The molecular formula is C12H17NO. The van der Waals surface area contributed by atoms with Gasteiger partial charge in [-0.1, -0.05) is 12.5 Å². The Labute approximate surface area is 85.1 Å². The maximum atomic E-state index is 6.11. The number of nitrogens with two attached hydrogens (primary N) is 1. The Hall–Kier alpha value is -1.02. The van der Waals surface area contributed by atoms with Crippen molar-refractivity contribution in [2.75, 3.05) is 7.11 Å². The molecule has 0 spiro atoms. The summed E-state index contributed by atoms with van der Waals surface area (Å²) in [6.07, 6.45) is 4.75.